The largest absolute Gasteiger partial charge is 0.342 e. The van der Waals surface area contributed by atoms with Gasteiger partial charge in [-0.05, 0) is 36.2 Å². The zero-order valence-corrected chi connectivity index (χ0v) is 14.8. The molecule has 124 valence electrons. The number of benzene rings is 2. The number of rotatable bonds is 4. The summed E-state index contributed by atoms with van der Waals surface area (Å²) in [4.78, 5) is 20.5. The van der Waals surface area contributed by atoms with E-state index in [9.17, 15) is 4.79 Å². The number of para-hydroxylation sites is 2. The van der Waals surface area contributed by atoms with Crippen molar-refractivity contribution in [2.24, 2.45) is 5.92 Å². The van der Waals surface area contributed by atoms with Crippen LogP contribution < -0.4 is 5.32 Å². The minimum atomic E-state index is -0.254. The van der Waals surface area contributed by atoms with Gasteiger partial charge in [-0.15, -0.1) is 0 Å². The summed E-state index contributed by atoms with van der Waals surface area (Å²) in [5.41, 5.74) is 2.21. The van der Waals surface area contributed by atoms with Gasteiger partial charge < -0.3 is 10.3 Å². The van der Waals surface area contributed by atoms with Crippen molar-refractivity contribution in [2.45, 2.75) is 19.9 Å². The summed E-state index contributed by atoms with van der Waals surface area (Å²) < 4.78 is 0. The molecule has 1 amide bonds. The molecule has 0 saturated carbocycles. The fourth-order valence-electron chi connectivity index (χ4n) is 2.56. The van der Waals surface area contributed by atoms with E-state index in [0.29, 0.717) is 15.6 Å². The van der Waals surface area contributed by atoms with Crippen LogP contribution in [0.4, 0.5) is 0 Å². The van der Waals surface area contributed by atoms with E-state index >= 15 is 0 Å². The Labute approximate surface area is 150 Å². The van der Waals surface area contributed by atoms with Gasteiger partial charge in [0.1, 0.15) is 5.82 Å². The number of nitrogens with zero attached hydrogens (tertiary/aromatic N) is 1. The minimum Gasteiger partial charge on any atom is -0.342 e. The zero-order chi connectivity index (χ0) is 17.3. The summed E-state index contributed by atoms with van der Waals surface area (Å²) in [7, 11) is 0. The van der Waals surface area contributed by atoms with Gasteiger partial charge in [0, 0.05) is 5.02 Å². The highest BCUT2D eigenvalue weighted by Crippen LogP contribution is 2.25. The number of aromatic amines is 1. The first kappa shape index (κ1) is 16.8. The van der Waals surface area contributed by atoms with E-state index in [1.807, 2.05) is 38.1 Å². The second kappa shape index (κ2) is 6.83. The average Bonchev–Trinajstić information content (AvgIpc) is 2.95. The molecule has 0 fully saturated rings. The Morgan fingerprint density at radius 1 is 1.17 bits per heavy atom. The molecule has 1 atom stereocenters. The van der Waals surface area contributed by atoms with Gasteiger partial charge in [-0.3, -0.25) is 4.79 Å². The fourth-order valence-corrected chi connectivity index (χ4v) is 3.06. The van der Waals surface area contributed by atoms with Crippen LogP contribution in [0.5, 0.6) is 0 Å². The molecule has 0 spiro atoms. The quantitative estimate of drug-likeness (QED) is 0.686. The number of carbonyl (C=O) groups is 1. The first-order valence-electron chi connectivity index (χ1n) is 7.66. The van der Waals surface area contributed by atoms with Crippen molar-refractivity contribution in [3.8, 4) is 0 Å². The number of carbonyl (C=O) groups excluding carboxylic acids is 1. The molecule has 1 aromatic heterocycles. The van der Waals surface area contributed by atoms with E-state index in [2.05, 4.69) is 15.3 Å². The van der Waals surface area contributed by atoms with Crippen LogP contribution in [-0.4, -0.2) is 15.9 Å². The van der Waals surface area contributed by atoms with E-state index < -0.39 is 0 Å². The van der Waals surface area contributed by atoms with E-state index in [1.54, 1.807) is 18.2 Å². The molecule has 0 unspecified atom stereocenters. The summed E-state index contributed by atoms with van der Waals surface area (Å²) in [6.07, 6.45) is 0. The lowest BCUT2D eigenvalue weighted by atomic mass is 10.0. The van der Waals surface area contributed by atoms with Crippen LogP contribution in [0.1, 0.15) is 36.1 Å². The lowest BCUT2D eigenvalue weighted by Crippen LogP contribution is -2.32. The number of hydrogen-bond donors (Lipinski definition) is 2. The van der Waals surface area contributed by atoms with Gasteiger partial charge in [0.05, 0.1) is 27.7 Å². The van der Waals surface area contributed by atoms with Crippen molar-refractivity contribution in [1.29, 1.82) is 0 Å². The summed E-state index contributed by atoms with van der Waals surface area (Å²) in [5.74, 6) is 0.626. The number of hydrogen-bond acceptors (Lipinski definition) is 2. The first-order chi connectivity index (χ1) is 11.5. The second-order valence-electron chi connectivity index (χ2n) is 5.96. The molecule has 2 N–H and O–H groups in total. The van der Waals surface area contributed by atoms with Gasteiger partial charge in [0.25, 0.3) is 5.91 Å². The Morgan fingerprint density at radius 3 is 2.58 bits per heavy atom. The molecule has 0 aliphatic carbocycles. The molecule has 0 radical (unpaired) electrons. The molecule has 0 aliphatic rings. The topological polar surface area (TPSA) is 57.8 Å². The van der Waals surface area contributed by atoms with Gasteiger partial charge in [-0.2, -0.15) is 0 Å². The average molecular weight is 362 g/mol. The first-order valence-corrected chi connectivity index (χ1v) is 8.42. The van der Waals surface area contributed by atoms with Crippen LogP contribution in [-0.2, 0) is 0 Å². The van der Waals surface area contributed by atoms with E-state index in [-0.39, 0.29) is 17.9 Å². The molecule has 1 heterocycles. The summed E-state index contributed by atoms with van der Waals surface area (Å²) in [6, 6.07) is 12.3. The van der Waals surface area contributed by atoms with E-state index in [4.69, 9.17) is 23.2 Å². The highest BCUT2D eigenvalue weighted by molar-refractivity contribution is 6.36. The predicted octanol–water partition coefficient (Wildman–Crippen LogP) is 5.00. The Balaban J connectivity index is 1.90. The third kappa shape index (κ3) is 3.40. The van der Waals surface area contributed by atoms with E-state index in [0.717, 1.165) is 16.9 Å². The lowest BCUT2D eigenvalue weighted by Gasteiger charge is -2.20. The van der Waals surface area contributed by atoms with Gasteiger partial charge in [0.15, 0.2) is 0 Å². The Bertz CT molecular complexity index is 856. The van der Waals surface area contributed by atoms with Crippen LogP contribution in [0.2, 0.25) is 10.0 Å². The number of imidazole rings is 1. The molecule has 2 aromatic carbocycles. The number of amides is 1. The van der Waals surface area contributed by atoms with Crippen LogP contribution in [0, 0.1) is 5.92 Å². The highest BCUT2D eigenvalue weighted by Gasteiger charge is 2.23. The summed E-state index contributed by atoms with van der Waals surface area (Å²) in [5, 5.41) is 3.83. The van der Waals surface area contributed by atoms with Crippen molar-refractivity contribution >= 4 is 40.1 Å². The predicted molar refractivity (Wildman–Crippen MR) is 97.6 cm³/mol. The number of fused-ring (bicyclic) bond motifs is 1. The number of nitrogens with one attached hydrogen (secondary N) is 2. The second-order valence-corrected chi connectivity index (χ2v) is 6.80. The zero-order valence-electron chi connectivity index (χ0n) is 13.3. The Morgan fingerprint density at radius 2 is 1.92 bits per heavy atom. The fraction of sp³-hybridized carbons (Fsp3) is 0.222. The maximum absolute atomic E-state index is 12.6. The Hall–Kier alpha value is -2.04. The molecule has 24 heavy (non-hydrogen) atoms. The molecule has 0 saturated heterocycles. The number of halogens is 2. The molecule has 0 bridgehead atoms. The van der Waals surface area contributed by atoms with Crippen LogP contribution in [0.3, 0.4) is 0 Å². The molecular weight excluding hydrogens is 345 g/mol. The standard InChI is InChI=1S/C18H17Cl2N3O/c1-10(2)16(17-21-14-5-3-4-6-15(14)22-17)23-18(24)12-8-7-11(19)9-13(12)20/h3-10,16H,1-2H3,(H,21,22)(H,23,24)/t16-/m1/s1. The number of H-pyrrole nitrogens is 1. The monoisotopic (exact) mass is 361 g/mol. The summed E-state index contributed by atoms with van der Waals surface area (Å²) >= 11 is 12.0. The normalized spacial score (nSPS) is 12.5. The van der Waals surface area contributed by atoms with Crippen LogP contribution in [0.25, 0.3) is 11.0 Å². The molecule has 3 rings (SSSR count). The van der Waals surface area contributed by atoms with Gasteiger partial charge >= 0.3 is 0 Å². The van der Waals surface area contributed by atoms with Gasteiger partial charge in [-0.25, -0.2) is 4.98 Å². The van der Waals surface area contributed by atoms with Crippen molar-refractivity contribution in [1.82, 2.24) is 15.3 Å². The van der Waals surface area contributed by atoms with Crippen LogP contribution in [0.15, 0.2) is 42.5 Å². The lowest BCUT2D eigenvalue weighted by molar-refractivity contribution is 0.0923. The number of aromatic nitrogens is 2. The SMILES string of the molecule is CC(C)[C@@H](NC(=O)c1ccc(Cl)cc1Cl)c1nc2ccccc2[nH]1. The van der Waals surface area contributed by atoms with Crippen molar-refractivity contribution in [3.63, 3.8) is 0 Å². The Kier molecular flexibility index (Phi) is 4.78. The molecular formula is C18H17Cl2N3O. The van der Waals surface area contributed by atoms with Crippen LogP contribution >= 0.6 is 23.2 Å². The maximum Gasteiger partial charge on any atom is 0.253 e. The van der Waals surface area contributed by atoms with Crippen molar-refractivity contribution < 1.29 is 4.79 Å². The molecule has 0 aliphatic heterocycles. The maximum atomic E-state index is 12.6. The molecule has 4 nitrogen and oxygen atoms in total. The van der Waals surface area contributed by atoms with Crippen molar-refractivity contribution in [3.05, 3.63) is 63.9 Å². The van der Waals surface area contributed by atoms with Gasteiger partial charge in [0.2, 0.25) is 0 Å². The molecule has 3 aromatic rings. The van der Waals surface area contributed by atoms with Gasteiger partial charge in [-0.1, -0.05) is 49.2 Å². The van der Waals surface area contributed by atoms with E-state index in [1.165, 1.54) is 0 Å². The minimum absolute atomic E-state index is 0.153. The third-order valence-corrected chi connectivity index (χ3v) is 4.38. The smallest absolute Gasteiger partial charge is 0.253 e. The third-order valence-electron chi connectivity index (χ3n) is 3.83. The van der Waals surface area contributed by atoms with Crippen molar-refractivity contribution in [2.75, 3.05) is 0 Å². The summed E-state index contributed by atoms with van der Waals surface area (Å²) in [6.45, 7) is 4.06. The highest BCUT2D eigenvalue weighted by atomic mass is 35.5. The molecule has 6 heteroatoms.